The molecule has 2 atom stereocenters. The molecule has 0 bridgehead atoms. The first-order valence-electron chi connectivity index (χ1n) is 17.2. The fourth-order valence-corrected chi connectivity index (χ4v) is 8.00. The Balaban J connectivity index is 0.953. The minimum absolute atomic E-state index is 0.141. The number of amides is 1. The minimum atomic E-state index is -0.645. The van der Waals surface area contributed by atoms with E-state index in [1.807, 2.05) is 28.6 Å². The summed E-state index contributed by atoms with van der Waals surface area (Å²) in [4.78, 5) is 19.1. The molecule has 6 rings (SSSR count). The number of benzene rings is 2. The quantitative estimate of drug-likeness (QED) is 0.182. The highest BCUT2D eigenvalue weighted by Gasteiger charge is 2.41. The number of hydrogen-bond donors (Lipinski definition) is 4. The number of likely N-dealkylation sites (tertiary alicyclic amines) is 1. The van der Waals surface area contributed by atoms with E-state index in [0.29, 0.717) is 44.3 Å². The third kappa shape index (κ3) is 8.09. The van der Waals surface area contributed by atoms with Crippen molar-refractivity contribution in [2.75, 3.05) is 44.6 Å². The molecule has 1 spiro atoms. The molecule has 3 aliphatic heterocycles. The number of nitrogens with one attached hydrogen (secondary N) is 2. The molecule has 9 heteroatoms. The van der Waals surface area contributed by atoms with Crippen LogP contribution in [-0.2, 0) is 24.1 Å². The number of morpholine rings is 1. The van der Waals surface area contributed by atoms with Crippen LogP contribution < -0.4 is 10.6 Å². The molecule has 2 fully saturated rings. The van der Waals surface area contributed by atoms with Crippen LogP contribution in [0.25, 0.3) is 0 Å². The molecule has 0 saturated carbocycles. The fourth-order valence-electron chi connectivity index (χ4n) is 7.10. The molecule has 0 aliphatic carbocycles. The Hall–Kier alpha value is -3.21. The number of ether oxygens (including phenoxy) is 1. The van der Waals surface area contributed by atoms with Crippen molar-refractivity contribution in [2.24, 2.45) is 0 Å². The van der Waals surface area contributed by atoms with Crippen molar-refractivity contribution in [3.05, 3.63) is 92.8 Å². The number of thiophene rings is 1. The van der Waals surface area contributed by atoms with Gasteiger partial charge in [-0.2, -0.15) is 0 Å². The van der Waals surface area contributed by atoms with Crippen LogP contribution >= 0.6 is 11.3 Å². The van der Waals surface area contributed by atoms with Gasteiger partial charge in [0.1, 0.15) is 5.75 Å². The number of rotatable bonds is 11. The molecular formula is C38H50N4O4S. The number of aliphatic hydroxyl groups excluding tert-OH is 1. The van der Waals surface area contributed by atoms with Gasteiger partial charge in [0, 0.05) is 49.0 Å². The normalized spacial score (nSPS) is 19.0. The van der Waals surface area contributed by atoms with E-state index < -0.39 is 6.10 Å². The van der Waals surface area contributed by atoms with Crippen LogP contribution in [0.15, 0.2) is 60.1 Å². The van der Waals surface area contributed by atoms with Crippen LogP contribution in [0.3, 0.4) is 0 Å². The first-order valence-corrected chi connectivity index (χ1v) is 18.1. The monoisotopic (exact) mass is 658 g/mol. The lowest BCUT2D eigenvalue weighted by Crippen LogP contribution is -2.57. The number of aliphatic hydroxyl groups is 1. The second-order valence-electron chi connectivity index (χ2n) is 13.9. The van der Waals surface area contributed by atoms with Crippen LogP contribution in [0.2, 0.25) is 0 Å². The van der Waals surface area contributed by atoms with E-state index in [9.17, 15) is 15.0 Å². The number of carbonyl (C=O) groups is 1. The van der Waals surface area contributed by atoms with Crippen molar-refractivity contribution in [2.45, 2.75) is 83.1 Å². The molecule has 2 aromatic carbocycles. The van der Waals surface area contributed by atoms with Crippen LogP contribution in [0.4, 0.5) is 5.69 Å². The molecule has 1 amide bonds. The number of phenols is 1. The summed E-state index contributed by atoms with van der Waals surface area (Å²) in [7, 11) is 0. The number of nitrogens with zero attached hydrogens (tertiary/aromatic N) is 2. The zero-order valence-corrected chi connectivity index (χ0v) is 28.8. The van der Waals surface area contributed by atoms with Gasteiger partial charge in [0.15, 0.2) is 0 Å². The molecule has 8 nitrogen and oxygen atoms in total. The summed E-state index contributed by atoms with van der Waals surface area (Å²) in [6, 6.07) is 14.7. The van der Waals surface area contributed by atoms with Crippen LogP contribution in [-0.4, -0.2) is 76.9 Å². The van der Waals surface area contributed by atoms with Gasteiger partial charge in [0.05, 0.1) is 36.1 Å². The summed E-state index contributed by atoms with van der Waals surface area (Å²) < 4.78 is 6.37. The Labute approximate surface area is 283 Å². The van der Waals surface area contributed by atoms with Gasteiger partial charge < -0.3 is 30.5 Å². The lowest BCUT2D eigenvalue weighted by Gasteiger charge is -2.47. The molecule has 0 radical (unpaired) electrons. The summed E-state index contributed by atoms with van der Waals surface area (Å²) in [6.45, 7) is 11.8. The Morgan fingerprint density at radius 1 is 1.11 bits per heavy atom. The Kier molecular flexibility index (Phi) is 10.7. The topological polar surface area (TPSA) is 97.3 Å². The van der Waals surface area contributed by atoms with Crippen molar-refractivity contribution in [3.8, 4) is 5.75 Å². The maximum Gasteiger partial charge on any atom is 0.254 e. The van der Waals surface area contributed by atoms with Crippen LogP contribution in [0, 0.1) is 0 Å². The Morgan fingerprint density at radius 3 is 2.70 bits per heavy atom. The average molecular weight is 659 g/mol. The second kappa shape index (κ2) is 14.9. The SMILES string of the molecule is CC(CCc1cccc(CN2CCC3(CC2)CN(C(=O)c2csc(C(C)C)c2)CCO3)c1)NC[C@H](O)c1ccc(O)c2c1CC=CN2. The Bertz CT molecular complexity index is 1560. The van der Waals surface area contributed by atoms with Crippen molar-refractivity contribution < 1.29 is 19.7 Å². The molecule has 252 valence electrons. The van der Waals surface area contributed by atoms with Gasteiger partial charge in [-0.25, -0.2) is 0 Å². The zero-order valence-electron chi connectivity index (χ0n) is 28.0. The van der Waals surface area contributed by atoms with E-state index in [0.717, 1.165) is 62.0 Å². The van der Waals surface area contributed by atoms with Crippen molar-refractivity contribution >= 4 is 22.9 Å². The summed E-state index contributed by atoms with van der Waals surface area (Å²) in [6.07, 6.45) is 7.68. The molecule has 1 aromatic heterocycles. The highest BCUT2D eigenvalue weighted by molar-refractivity contribution is 7.10. The predicted octanol–water partition coefficient (Wildman–Crippen LogP) is 6.21. The highest BCUT2D eigenvalue weighted by atomic mass is 32.1. The fraction of sp³-hybridized carbons (Fsp3) is 0.500. The Morgan fingerprint density at radius 2 is 1.91 bits per heavy atom. The van der Waals surface area contributed by atoms with E-state index in [4.69, 9.17) is 4.74 Å². The third-order valence-corrected chi connectivity index (χ3v) is 11.2. The van der Waals surface area contributed by atoms with Crippen molar-refractivity contribution in [1.82, 2.24) is 15.1 Å². The van der Waals surface area contributed by atoms with Crippen LogP contribution in [0.5, 0.6) is 5.75 Å². The molecule has 2 saturated heterocycles. The van der Waals surface area contributed by atoms with Gasteiger partial charge >= 0.3 is 0 Å². The number of aryl methyl sites for hydroxylation is 1. The molecule has 3 aliphatic rings. The second-order valence-corrected chi connectivity index (χ2v) is 14.8. The molecular weight excluding hydrogens is 609 g/mol. The molecule has 4 N–H and O–H groups in total. The smallest absolute Gasteiger partial charge is 0.254 e. The molecule has 47 heavy (non-hydrogen) atoms. The number of hydrogen-bond acceptors (Lipinski definition) is 8. The number of phenolic OH excluding ortho intramolecular Hbond substituents is 1. The first-order chi connectivity index (χ1) is 22.7. The van der Waals surface area contributed by atoms with E-state index >= 15 is 0 Å². The van der Waals surface area contributed by atoms with Gasteiger partial charge in [-0.1, -0.05) is 50.3 Å². The number of piperidine rings is 1. The lowest BCUT2D eigenvalue weighted by atomic mass is 9.89. The van der Waals surface area contributed by atoms with E-state index in [-0.39, 0.29) is 23.3 Å². The summed E-state index contributed by atoms with van der Waals surface area (Å²) in [5.41, 5.74) is 5.73. The number of fused-ring (bicyclic) bond motifs is 1. The summed E-state index contributed by atoms with van der Waals surface area (Å²) >= 11 is 1.68. The van der Waals surface area contributed by atoms with Gasteiger partial charge in [-0.3, -0.25) is 9.69 Å². The minimum Gasteiger partial charge on any atom is -0.506 e. The number of aromatic hydroxyl groups is 1. The number of allylic oxidation sites excluding steroid dienone is 1. The highest BCUT2D eigenvalue weighted by Crippen LogP contribution is 2.36. The van der Waals surface area contributed by atoms with Gasteiger partial charge in [0.2, 0.25) is 0 Å². The summed E-state index contributed by atoms with van der Waals surface area (Å²) in [5.74, 6) is 0.788. The van der Waals surface area contributed by atoms with Gasteiger partial charge in [-0.05, 0) is 85.5 Å². The van der Waals surface area contributed by atoms with E-state index in [1.54, 1.807) is 17.4 Å². The van der Waals surface area contributed by atoms with Gasteiger partial charge in [0.25, 0.3) is 5.91 Å². The zero-order chi connectivity index (χ0) is 33.0. The number of anilines is 1. The standard InChI is InChI=1S/C38H50N4O4S/c1-26(2)35-21-30(24-47-35)37(45)42-18-19-46-38(25-42)13-16-41(17-14-38)23-29-7-4-6-28(20-29)10-9-27(3)40-22-34(44)31-11-12-33(43)36-32(31)8-5-15-39-36/h4-7,11-12,15,20-21,24,26-27,34,39-40,43-44H,8-10,13-14,16-19,22-23,25H2,1-3H3/t27?,34-/m0/s1. The van der Waals surface area contributed by atoms with Crippen molar-refractivity contribution in [1.29, 1.82) is 0 Å². The lowest BCUT2D eigenvalue weighted by molar-refractivity contribution is -0.127. The van der Waals surface area contributed by atoms with Crippen LogP contribution in [0.1, 0.15) is 89.5 Å². The molecule has 4 heterocycles. The van der Waals surface area contributed by atoms with Crippen molar-refractivity contribution in [3.63, 3.8) is 0 Å². The predicted molar refractivity (Wildman–Crippen MR) is 189 cm³/mol. The maximum absolute atomic E-state index is 13.3. The van der Waals surface area contributed by atoms with E-state index in [2.05, 4.69) is 66.6 Å². The maximum atomic E-state index is 13.3. The average Bonchev–Trinajstić information content (AvgIpc) is 3.59. The third-order valence-electron chi connectivity index (χ3n) is 10.0. The first kappa shape index (κ1) is 33.7. The summed E-state index contributed by atoms with van der Waals surface area (Å²) in [5, 5.41) is 29.8. The molecule has 3 aromatic rings. The number of carbonyl (C=O) groups excluding carboxylic acids is 1. The van der Waals surface area contributed by atoms with Gasteiger partial charge in [-0.15, -0.1) is 11.3 Å². The largest absolute Gasteiger partial charge is 0.506 e. The van der Waals surface area contributed by atoms with E-state index in [1.165, 1.54) is 16.0 Å². The molecule has 1 unspecified atom stereocenters.